The molecule has 1 aliphatic rings. The highest BCUT2D eigenvalue weighted by molar-refractivity contribution is 8.00. The van der Waals surface area contributed by atoms with E-state index in [0.29, 0.717) is 18.0 Å². The molecular weight excluding hydrogens is 308 g/mol. The van der Waals surface area contributed by atoms with Gasteiger partial charge in [0, 0.05) is 24.6 Å². The highest BCUT2D eigenvalue weighted by Gasteiger charge is 2.42. The number of hydrogen-bond donors (Lipinski definition) is 1. The lowest BCUT2D eigenvalue weighted by molar-refractivity contribution is -0.108. The van der Waals surface area contributed by atoms with Crippen molar-refractivity contribution in [2.45, 2.75) is 43.5 Å². The van der Waals surface area contributed by atoms with Crippen molar-refractivity contribution in [1.29, 1.82) is 0 Å². The normalized spacial score (nSPS) is 25.8. The van der Waals surface area contributed by atoms with Gasteiger partial charge in [0.05, 0.1) is 10.6 Å². The maximum absolute atomic E-state index is 14.1. The Bertz CT molecular complexity index is 527. The van der Waals surface area contributed by atoms with Crippen LogP contribution in [-0.4, -0.2) is 34.3 Å². The molecule has 1 aromatic rings. The largest absolute Gasteiger partial charge is 0.377 e. The van der Waals surface area contributed by atoms with Gasteiger partial charge in [-0.05, 0) is 18.4 Å². The standard InChI is InChI=1S/C16H21F2NO2S/c1-10(2)5-7-19-15(21)14(6-8-20)22-16(19)12-4-3-11(17)9-13(12)18/h3-4,8-10,14-16,21H,5-7H2,1-2H3. The third-order valence-electron chi connectivity index (χ3n) is 3.80. The van der Waals surface area contributed by atoms with Crippen LogP contribution in [0.5, 0.6) is 0 Å². The summed E-state index contributed by atoms with van der Waals surface area (Å²) in [4.78, 5) is 12.6. The molecule has 0 aliphatic carbocycles. The summed E-state index contributed by atoms with van der Waals surface area (Å²) in [6, 6.07) is 3.50. The van der Waals surface area contributed by atoms with Crippen LogP contribution < -0.4 is 0 Å². The van der Waals surface area contributed by atoms with E-state index >= 15 is 0 Å². The van der Waals surface area contributed by atoms with Crippen LogP contribution in [0.1, 0.15) is 37.6 Å². The molecule has 3 atom stereocenters. The van der Waals surface area contributed by atoms with Gasteiger partial charge in [0.2, 0.25) is 0 Å². The Hall–Kier alpha value is -0.980. The summed E-state index contributed by atoms with van der Waals surface area (Å²) in [6.45, 7) is 4.75. The minimum atomic E-state index is -0.802. The fourth-order valence-corrected chi connectivity index (χ4v) is 4.09. The van der Waals surface area contributed by atoms with Crippen LogP contribution in [0.3, 0.4) is 0 Å². The van der Waals surface area contributed by atoms with Gasteiger partial charge in [-0.25, -0.2) is 8.78 Å². The highest BCUT2D eigenvalue weighted by Crippen LogP contribution is 2.46. The van der Waals surface area contributed by atoms with Crippen molar-refractivity contribution in [1.82, 2.24) is 4.90 Å². The third-order valence-corrected chi connectivity index (χ3v) is 5.37. The summed E-state index contributed by atoms with van der Waals surface area (Å²) < 4.78 is 27.2. The average Bonchev–Trinajstić information content (AvgIpc) is 2.74. The van der Waals surface area contributed by atoms with Crippen LogP contribution in [0.15, 0.2) is 18.2 Å². The molecule has 0 aromatic heterocycles. The SMILES string of the molecule is CC(C)CCN1C(c2ccc(F)cc2F)SC(CC=O)C1O. The molecule has 122 valence electrons. The monoisotopic (exact) mass is 329 g/mol. The molecule has 1 aromatic carbocycles. The van der Waals surface area contributed by atoms with Crippen LogP contribution in [0.4, 0.5) is 8.78 Å². The molecule has 0 amide bonds. The molecule has 1 fully saturated rings. The van der Waals surface area contributed by atoms with Gasteiger partial charge in [0.25, 0.3) is 0 Å². The summed E-state index contributed by atoms with van der Waals surface area (Å²) in [5.74, 6) is -0.796. The predicted molar refractivity (Wildman–Crippen MR) is 83.3 cm³/mol. The first-order chi connectivity index (χ1) is 10.4. The van der Waals surface area contributed by atoms with Gasteiger partial charge in [-0.1, -0.05) is 19.9 Å². The highest BCUT2D eigenvalue weighted by atomic mass is 32.2. The summed E-state index contributed by atoms with van der Waals surface area (Å²) in [5, 5.41) is 9.72. The van der Waals surface area contributed by atoms with E-state index in [1.54, 1.807) is 4.90 Å². The summed E-state index contributed by atoms with van der Waals surface area (Å²) in [6.07, 6.45) is 1.03. The maximum Gasteiger partial charge on any atom is 0.131 e. The van der Waals surface area contributed by atoms with E-state index in [2.05, 4.69) is 13.8 Å². The number of carbonyl (C=O) groups is 1. The molecule has 1 N–H and O–H groups in total. The molecule has 0 spiro atoms. The number of benzene rings is 1. The Morgan fingerprint density at radius 1 is 1.41 bits per heavy atom. The van der Waals surface area contributed by atoms with Crippen molar-refractivity contribution in [3.63, 3.8) is 0 Å². The lowest BCUT2D eigenvalue weighted by atomic mass is 10.1. The number of rotatable bonds is 6. The van der Waals surface area contributed by atoms with Crippen molar-refractivity contribution in [3.05, 3.63) is 35.4 Å². The zero-order valence-corrected chi connectivity index (χ0v) is 13.5. The van der Waals surface area contributed by atoms with E-state index in [9.17, 15) is 18.7 Å². The number of thioether (sulfide) groups is 1. The Morgan fingerprint density at radius 2 is 2.14 bits per heavy atom. The van der Waals surface area contributed by atoms with E-state index in [0.717, 1.165) is 18.8 Å². The van der Waals surface area contributed by atoms with E-state index in [-0.39, 0.29) is 11.7 Å². The number of carbonyl (C=O) groups excluding carboxylic acids is 1. The number of aldehydes is 1. The quantitative estimate of drug-likeness (QED) is 0.813. The van der Waals surface area contributed by atoms with Crippen molar-refractivity contribution in [2.75, 3.05) is 6.54 Å². The molecule has 3 unspecified atom stereocenters. The summed E-state index contributed by atoms with van der Waals surface area (Å²) >= 11 is 1.36. The molecule has 2 rings (SSSR count). The number of aliphatic hydroxyl groups is 1. The van der Waals surface area contributed by atoms with Gasteiger partial charge in [-0.15, -0.1) is 11.8 Å². The number of aliphatic hydroxyl groups excluding tert-OH is 1. The molecule has 0 saturated carbocycles. The Morgan fingerprint density at radius 3 is 2.73 bits per heavy atom. The molecule has 0 radical (unpaired) electrons. The summed E-state index contributed by atoms with van der Waals surface area (Å²) in [7, 11) is 0. The van der Waals surface area contributed by atoms with E-state index in [1.165, 1.54) is 23.9 Å². The van der Waals surface area contributed by atoms with Crippen molar-refractivity contribution in [2.24, 2.45) is 5.92 Å². The summed E-state index contributed by atoms with van der Waals surface area (Å²) in [5.41, 5.74) is 0.350. The van der Waals surface area contributed by atoms with E-state index in [4.69, 9.17) is 0 Å². The fraction of sp³-hybridized carbons (Fsp3) is 0.562. The van der Waals surface area contributed by atoms with Crippen LogP contribution in [-0.2, 0) is 4.79 Å². The van der Waals surface area contributed by atoms with Gasteiger partial charge in [-0.2, -0.15) is 0 Å². The first-order valence-corrected chi connectivity index (χ1v) is 8.36. The second kappa shape index (κ2) is 7.53. The second-order valence-corrected chi connectivity index (χ2v) is 7.25. The lowest BCUT2D eigenvalue weighted by Crippen LogP contribution is -2.37. The lowest BCUT2D eigenvalue weighted by Gasteiger charge is -2.28. The molecule has 3 nitrogen and oxygen atoms in total. The minimum absolute atomic E-state index is 0.212. The van der Waals surface area contributed by atoms with Crippen molar-refractivity contribution in [3.8, 4) is 0 Å². The maximum atomic E-state index is 14.1. The van der Waals surface area contributed by atoms with Crippen LogP contribution >= 0.6 is 11.8 Å². The Labute approximate surface area is 133 Å². The van der Waals surface area contributed by atoms with Crippen LogP contribution in [0.2, 0.25) is 0 Å². The third kappa shape index (κ3) is 3.86. The number of halogens is 2. The van der Waals surface area contributed by atoms with Gasteiger partial charge < -0.3 is 9.90 Å². The second-order valence-electron chi connectivity index (χ2n) is 5.93. The molecule has 1 aliphatic heterocycles. The van der Waals surface area contributed by atoms with E-state index in [1.807, 2.05) is 0 Å². The van der Waals surface area contributed by atoms with Crippen molar-refractivity contribution < 1.29 is 18.7 Å². The Kier molecular flexibility index (Phi) is 5.94. The van der Waals surface area contributed by atoms with Gasteiger partial charge in [-0.3, -0.25) is 4.90 Å². The predicted octanol–water partition coefficient (Wildman–Crippen LogP) is 3.33. The number of hydrogen-bond acceptors (Lipinski definition) is 4. The number of nitrogens with zero attached hydrogens (tertiary/aromatic N) is 1. The minimum Gasteiger partial charge on any atom is -0.377 e. The first kappa shape index (κ1) is 17.4. The zero-order valence-electron chi connectivity index (χ0n) is 12.7. The van der Waals surface area contributed by atoms with Crippen LogP contribution in [0.25, 0.3) is 0 Å². The molecule has 22 heavy (non-hydrogen) atoms. The topological polar surface area (TPSA) is 40.5 Å². The van der Waals surface area contributed by atoms with E-state index < -0.39 is 23.2 Å². The fourth-order valence-electron chi connectivity index (χ4n) is 2.55. The first-order valence-electron chi connectivity index (χ1n) is 7.42. The zero-order chi connectivity index (χ0) is 16.3. The van der Waals surface area contributed by atoms with Gasteiger partial charge in [0.15, 0.2) is 0 Å². The van der Waals surface area contributed by atoms with Gasteiger partial charge >= 0.3 is 0 Å². The average molecular weight is 329 g/mol. The molecule has 0 bridgehead atoms. The smallest absolute Gasteiger partial charge is 0.131 e. The van der Waals surface area contributed by atoms with Gasteiger partial charge in [0.1, 0.15) is 24.1 Å². The molecular formula is C16H21F2NO2S. The molecule has 1 saturated heterocycles. The molecule has 6 heteroatoms. The molecule has 1 heterocycles. The Balaban J connectivity index is 2.26. The van der Waals surface area contributed by atoms with Crippen molar-refractivity contribution >= 4 is 18.0 Å². The van der Waals surface area contributed by atoms with Crippen LogP contribution in [0, 0.1) is 17.6 Å².